The molecule has 1 aromatic rings. The Morgan fingerprint density at radius 3 is 2.47 bits per heavy atom. The maximum atomic E-state index is 4.44. The molecular weight excluding hydrogens is 260 g/mol. The van der Waals surface area contributed by atoms with Crippen LogP contribution < -0.4 is 15.5 Å². The van der Waals surface area contributed by atoms with Gasteiger partial charge in [0.25, 0.3) is 0 Å². The third-order valence-corrected chi connectivity index (χ3v) is 4.39. The fraction of sp³-hybridized carbons (Fsp3) is 0.750. The highest BCUT2D eigenvalue weighted by molar-refractivity contribution is 7.99. The van der Waals surface area contributed by atoms with Crippen molar-refractivity contribution in [1.29, 1.82) is 0 Å². The molecule has 1 saturated carbocycles. The highest BCUT2D eigenvalue weighted by Gasteiger charge is 2.24. The molecule has 2 N–H and O–H groups in total. The lowest BCUT2D eigenvalue weighted by Crippen LogP contribution is -2.21. The molecule has 19 heavy (non-hydrogen) atoms. The van der Waals surface area contributed by atoms with Crippen LogP contribution in [0.4, 0.5) is 17.8 Å². The van der Waals surface area contributed by atoms with E-state index in [1.165, 1.54) is 19.3 Å². The third-order valence-electron chi connectivity index (χ3n) is 3.30. The van der Waals surface area contributed by atoms with Gasteiger partial charge in [-0.3, -0.25) is 0 Å². The van der Waals surface area contributed by atoms with Crippen LogP contribution in [0.5, 0.6) is 0 Å². The molecule has 0 saturated heterocycles. The summed E-state index contributed by atoms with van der Waals surface area (Å²) in [4.78, 5) is 15.0. The van der Waals surface area contributed by atoms with Crippen LogP contribution in [0.15, 0.2) is 0 Å². The van der Waals surface area contributed by atoms with E-state index in [4.69, 9.17) is 0 Å². The summed E-state index contributed by atoms with van der Waals surface area (Å²) in [5.74, 6) is 1.93. The Bertz CT molecular complexity index is 425. The van der Waals surface area contributed by atoms with E-state index < -0.39 is 0 Å². The molecule has 0 bridgehead atoms. The number of hydrogen-bond donors (Lipinski definition) is 2. The zero-order valence-corrected chi connectivity index (χ0v) is 12.8. The highest BCUT2D eigenvalue weighted by atomic mass is 32.2. The fourth-order valence-corrected chi connectivity index (χ4v) is 3.01. The van der Waals surface area contributed by atoms with Crippen molar-refractivity contribution in [3.8, 4) is 0 Å². The van der Waals surface area contributed by atoms with Crippen molar-refractivity contribution in [2.45, 2.75) is 30.6 Å². The summed E-state index contributed by atoms with van der Waals surface area (Å²) in [6.07, 6.45) is 5.81. The molecule has 2 rings (SSSR count). The number of nitrogens with one attached hydrogen (secondary N) is 2. The van der Waals surface area contributed by atoms with Gasteiger partial charge in [-0.05, 0) is 25.5 Å². The highest BCUT2D eigenvalue weighted by Crippen LogP contribution is 2.29. The van der Waals surface area contributed by atoms with E-state index >= 15 is 0 Å². The van der Waals surface area contributed by atoms with E-state index in [-0.39, 0.29) is 0 Å². The van der Waals surface area contributed by atoms with Gasteiger partial charge >= 0.3 is 0 Å². The first-order valence-corrected chi connectivity index (χ1v) is 7.81. The van der Waals surface area contributed by atoms with E-state index in [0.29, 0.717) is 23.9 Å². The molecule has 6 nitrogen and oxygen atoms in total. The van der Waals surface area contributed by atoms with Crippen molar-refractivity contribution in [2.24, 2.45) is 0 Å². The van der Waals surface area contributed by atoms with Gasteiger partial charge in [-0.25, -0.2) is 0 Å². The Morgan fingerprint density at radius 2 is 1.89 bits per heavy atom. The van der Waals surface area contributed by atoms with Crippen LogP contribution in [-0.2, 0) is 0 Å². The van der Waals surface area contributed by atoms with Crippen molar-refractivity contribution >= 4 is 29.6 Å². The third kappa shape index (κ3) is 3.62. The van der Waals surface area contributed by atoms with Gasteiger partial charge in [0.1, 0.15) is 0 Å². The average Bonchev–Trinajstić information content (AvgIpc) is 2.85. The van der Waals surface area contributed by atoms with E-state index in [2.05, 4.69) is 31.8 Å². The SMILES string of the molecule is CNc1nc(NC2CCC(SC)C2)nc(N(C)C)n1. The second-order valence-corrected chi connectivity index (χ2v) is 6.08. The predicted molar refractivity (Wildman–Crippen MR) is 82.3 cm³/mol. The molecule has 2 atom stereocenters. The minimum Gasteiger partial charge on any atom is -0.357 e. The lowest BCUT2D eigenvalue weighted by Gasteiger charge is -2.16. The van der Waals surface area contributed by atoms with Gasteiger partial charge in [0, 0.05) is 32.4 Å². The van der Waals surface area contributed by atoms with Crippen molar-refractivity contribution < 1.29 is 0 Å². The van der Waals surface area contributed by atoms with Crippen LogP contribution in [0.25, 0.3) is 0 Å². The van der Waals surface area contributed by atoms with Crippen molar-refractivity contribution in [1.82, 2.24) is 15.0 Å². The molecule has 106 valence electrons. The van der Waals surface area contributed by atoms with E-state index in [1.54, 1.807) is 0 Å². The number of nitrogens with zero attached hydrogens (tertiary/aromatic N) is 4. The molecule has 0 radical (unpaired) electrons. The Hall–Kier alpha value is -1.24. The van der Waals surface area contributed by atoms with E-state index in [9.17, 15) is 0 Å². The number of rotatable bonds is 5. The molecule has 0 spiro atoms. The first-order valence-electron chi connectivity index (χ1n) is 6.53. The number of anilines is 3. The average molecular weight is 282 g/mol. The number of aromatic nitrogens is 3. The van der Waals surface area contributed by atoms with Gasteiger partial charge in [-0.1, -0.05) is 0 Å². The molecule has 1 aromatic heterocycles. The topological polar surface area (TPSA) is 66.0 Å². The van der Waals surface area contributed by atoms with E-state index in [0.717, 1.165) is 5.25 Å². The molecule has 7 heteroatoms. The molecule has 1 aliphatic carbocycles. The van der Waals surface area contributed by atoms with Gasteiger partial charge in [-0.15, -0.1) is 0 Å². The summed E-state index contributed by atoms with van der Waals surface area (Å²) in [5.41, 5.74) is 0. The van der Waals surface area contributed by atoms with Gasteiger partial charge < -0.3 is 15.5 Å². The minimum atomic E-state index is 0.472. The lowest BCUT2D eigenvalue weighted by atomic mass is 10.2. The Labute approximate surface area is 118 Å². The zero-order chi connectivity index (χ0) is 13.8. The van der Waals surface area contributed by atoms with Crippen LogP contribution in [0.2, 0.25) is 0 Å². The first kappa shape index (κ1) is 14.2. The van der Waals surface area contributed by atoms with E-state index in [1.807, 2.05) is 37.8 Å². The monoisotopic (exact) mass is 282 g/mol. The lowest BCUT2D eigenvalue weighted by molar-refractivity contribution is 0.743. The molecule has 1 aliphatic rings. The number of thioether (sulfide) groups is 1. The first-order chi connectivity index (χ1) is 9.12. The van der Waals surface area contributed by atoms with Crippen LogP contribution in [0.1, 0.15) is 19.3 Å². The van der Waals surface area contributed by atoms with Gasteiger partial charge in [0.05, 0.1) is 0 Å². The zero-order valence-electron chi connectivity index (χ0n) is 12.0. The molecule has 2 unspecified atom stereocenters. The Morgan fingerprint density at radius 1 is 1.16 bits per heavy atom. The maximum absolute atomic E-state index is 4.44. The fourth-order valence-electron chi connectivity index (χ4n) is 2.21. The van der Waals surface area contributed by atoms with Gasteiger partial charge in [0.2, 0.25) is 17.8 Å². The second-order valence-electron chi connectivity index (χ2n) is 4.94. The predicted octanol–water partition coefficient (Wildman–Crippen LogP) is 1.68. The smallest absolute Gasteiger partial charge is 0.231 e. The summed E-state index contributed by atoms with van der Waals surface area (Å²) >= 11 is 1.95. The molecule has 1 fully saturated rings. The summed E-state index contributed by atoms with van der Waals surface area (Å²) < 4.78 is 0. The summed E-state index contributed by atoms with van der Waals surface area (Å²) in [6, 6.07) is 0.472. The summed E-state index contributed by atoms with van der Waals surface area (Å²) in [7, 11) is 5.67. The summed E-state index contributed by atoms with van der Waals surface area (Å²) in [6.45, 7) is 0. The summed E-state index contributed by atoms with van der Waals surface area (Å²) in [5, 5.41) is 7.17. The van der Waals surface area contributed by atoms with Crippen LogP contribution in [0.3, 0.4) is 0 Å². The Balaban J connectivity index is 2.09. The molecular formula is C12H22N6S. The normalized spacial score (nSPS) is 22.3. The largest absolute Gasteiger partial charge is 0.357 e. The quantitative estimate of drug-likeness (QED) is 0.851. The van der Waals surface area contributed by atoms with Crippen molar-refractivity contribution in [3.05, 3.63) is 0 Å². The van der Waals surface area contributed by atoms with Crippen LogP contribution >= 0.6 is 11.8 Å². The van der Waals surface area contributed by atoms with Gasteiger partial charge in [-0.2, -0.15) is 26.7 Å². The Kier molecular flexibility index (Phi) is 4.68. The second kappa shape index (κ2) is 6.27. The van der Waals surface area contributed by atoms with Crippen LogP contribution in [-0.4, -0.2) is 53.6 Å². The maximum Gasteiger partial charge on any atom is 0.231 e. The molecule has 1 heterocycles. The van der Waals surface area contributed by atoms with Gasteiger partial charge in [0.15, 0.2) is 0 Å². The van der Waals surface area contributed by atoms with Crippen LogP contribution in [0, 0.1) is 0 Å². The molecule has 0 aromatic carbocycles. The molecule has 0 amide bonds. The molecule has 0 aliphatic heterocycles. The van der Waals surface area contributed by atoms with Crippen molar-refractivity contribution in [3.63, 3.8) is 0 Å². The minimum absolute atomic E-state index is 0.472. The standard InChI is InChI=1S/C12H22N6S/c1-13-10-15-11(17-12(16-10)18(2)3)14-8-5-6-9(7-8)19-4/h8-9H,5-7H2,1-4H3,(H2,13,14,15,16,17). The van der Waals surface area contributed by atoms with Crippen molar-refractivity contribution in [2.75, 3.05) is 42.9 Å². The number of hydrogen-bond acceptors (Lipinski definition) is 7.